The molecule has 5 nitrogen and oxygen atoms in total. The molecule has 1 heterocycles. The van der Waals surface area contributed by atoms with Crippen molar-refractivity contribution in [1.82, 2.24) is 10.3 Å². The van der Waals surface area contributed by atoms with Gasteiger partial charge in [0.1, 0.15) is 11.5 Å². The first-order valence-corrected chi connectivity index (χ1v) is 4.69. The summed E-state index contributed by atoms with van der Waals surface area (Å²) in [7, 11) is 1.46. The Bertz CT molecular complexity index is 342. The number of hydrogen-bond donors (Lipinski definition) is 2. The largest absolute Gasteiger partial charge is 0.394 e. The van der Waals surface area contributed by atoms with E-state index in [1.807, 2.05) is 0 Å². The van der Waals surface area contributed by atoms with E-state index in [1.54, 1.807) is 0 Å². The Hall–Kier alpha value is -1.53. The lowest BCUT2D eigenvalue weighted by Gasteiger charge is -2.14. The van der Waals surface area contributed by atoms with Crippen molar-refractivity contribution in [3.05, 3.63) is 29.8 Å². The fourth-order valence-electron chi connectivity index (χ4n) is 1.11. The second kappa shape index (κ2) is 6.14. The van der Waals surface area contributed by atoms with Crippen LogP contribution in [0.15, 0.2) is 18.3 Å². The minimum Gasteiger partial charge on any atom is -0.394 e. The van der Waals surface area contributed by atoms with Gasteiger partial charge in [-0.1, -0.05) is 0 Å². The molecule has 1 amide bonds. The summed E-state index contributed by atoms with van der Waals surface area (Å²) in [5.41, 5.74) is 0.0935. The molecular weight excluding hydrogens is 215 g/mol. The number of methoxy groups -OCH3 is 1. The fraction of sp³-hybridized carbons (Fsp3) is 0.400. The Labute approximate surface area is 92.3 Å². The van der Waals surface area contributed by atoms with Crippen LogP contribution in [0.3, 0.4) is 0 Å². The highest BCUT2D eigenvalue weighted by Gasteiger charge is 2.13. The molecule has 1 aromatic heterocycles. The van der Waals surface area contributed by atoms with Gasteiger partial charge in [0.25, 0.3) is 5.91 Å². The van der Waals surface area contributed by atoms with Crippen molar-refractivity contribution in [3.8, 4) is 0 Å². The lowest BCUT2D eigenvalue weighted by Crippen LogP contribution is -2.40. The number of aliphatic hydroxyl groups excluding tert-OH is 1. The van der Waals surface area contributed by atoms with Crippen LogP contribution in [0.5, 0.6) is 0 Å². The van der Waals surface area contributed by atoms with Crippen molar-refractivity contribution in [3.63, 3.8) is 0 Å². The molecule has 1 unspecified atom stereocenters. The predicted molar refractivity (Wildman–Crippen MR) is 54.4 cm³/mol. The average molecular weight is 228 g/mol. The number of carbonyl (C=O) groups excluding carboxylic acids is 1. The third kappa shape index (κ3) is 3.56. The molecule has 0 aliphatic rings. The van der Waals surface area contributed by atoms with E-state index in [0.29, 0.717) is 0 Å². The number of aromatic nitrogens is 1. The molecule has 0 aliphatic heterocycles. The monoisotopic (exact) mass is 228 g/mol. The van der Waals surface area contributed by atoms with Gasteiger partial charge in [0, 0.05) is 7.11 Å². The highest BCUT2D eigenvalue weighted by atomic mass is 19.1. The van der Waals surface area contributed by atoms with E-state index in [-0.39, 0.29) is 18.9 Å². The number of carbonyl (C=O) groups is 1. The molecule has 2 N–H and O–H groups in total. The number of halogens is 1. The summed E-state index contributed by atoms with van der Waals surface area (Å²) < 4.78 is 17.3. The van der Waals surface area contributed by atoms with Crippen LogP contribution in [0.2, 0.25) is 0 Å². The van der Waals surface area contributed by atoms with E-state index in [0.717, 1.165) is 12.3 Å². The molecule has 0 saturated heterocycles. The van der Waals surface area contributed by atoms with E-state index in [9.17, 15) is 9.18 Å². The van der Waals surface area contributed by atoms with Crippen LogP contribution in [0.1, 0.15) is 10.5 Å². The number of nitrogens with zero attached hydrogens (tertiary/aromatic N) is 1. The van der Waals surface area contributed by atoms with Crippen molar-refractivity contribution in [2.45, 2.75) is 6.04 Å². The molecule has 0 spiro atoms. The predicted octanol–water partition coefficient (Wildman–Crippen LogP) is -0.0422. The van der Waals surface area contributed by atoms with Crippen LogP contribution in [-0.4, -0.2) is 42.4 Å². The fourth-order valence-corrected chi connectivity index (χ4v) is 1.11. The van der Waals surface area contributed by atoms with Gasteiger partial charge in [0.15, 0.2) is 0 Å². The summed E-state index contributed by atoms with van der Waals surface area (Å²) in [6, 6.07) is 1.92. The van der Waals surface area contributed by atoms with Crippen molar-refractivity contribution in [2.24, 2.45) is 0 Å². The number of hydrogen-bond acceptors (Lipinski definition) is 4. The number of pyridine rings is 1. The second-order valence-electron chi connectivity index (χ2n) is 3.17. The van der Waals surface area contributed by atoms with Crippen LogP contribution >= 0.6 is 0 Å². The van der Waals surface area contributed by atoms with Gasteiger partial charge in [0.05, 0.1) is 25.5 Å². The standard InChI is InChI=1S/C10H13FN2O3/c1-16-6-8(5-14)13-10(15)9-3-2-7(11)4-12-9/h2-4,8,14H,5-6H2,1H3,(H,13,15). The van der Waals surface area contributed by atoms with Gasteiger partial charge in [-0.05, 0) is 12.1 Å². The van der Waals surface area contributed by atoms with Gasteiger partial charge in [0.2, 0.25) is 0 Å². The van der Waals surface area contributed by atoms with E-state index in [2.05, 4.69) is 10.3 Å². The molecule has 0 aliphatic carbocycles. The van der Waals surface area contributed by atoms with E-state index in [4.69, 9.17) is 9.84 Å². The summed E-state index contributed by atoms with van der Waals surface area (Å²) >= 11 is 0. The van der Waals surface area contributed by atoms with Crippen LogP contribution in [0.4, 0.5) is 4.39 Å². The van der Waals surface area contributed by atoms with E-state index < -0.39 is 17.8 Å². The number of ether oxygens (including phenoxy) is 1. The SMILES string of the molecule is COCC(CO)NC(=O)c1ccc(F)cn1. The topological polar surface area (TPSA) is 71.5 Å². The smallest absolute Gasteiger partial charge is 0.270 e. The molecule has 1 rings (SSSR count). The molecule has 0 bridgehead atoms. The van der Waals surface area contributed by atoms with Crippen molar-refractivity contribution in [2.75, 3.05) is 20.3 Å². The average Bonchev–Trinajstić information content (AvgIpc) is 2.29. The highest BCUT2D eigenvalue weighted by molar-refractivity contribution is 5.92. The Kier molecular flexibility index (Phi) is 4.81. The van der Waals surface area contributed by atoms with Gasteiger partial charge in [-0.3, -0.25) is 4.79 Å². The number of nitrogens with one attached hydrogen (secondary N) is 1. The Morgan fingerprint density at radius 1 is 1.69 bits per heavy atom. The number of aliphatic hydroxyl groups is 1. The zero-order chi connectivity index (χ0) is 12.0. The normalized spacial score (nSPS) is 12.2. The molecule has 0 radical (unpaired) electrons. The van der Waals surface area contributed by atoms with Crippen LogP contribution in [0, 0.1) is 5.82 Å². The van der Waals surface area contributed by atoms with Crippen LogP contribution in [-0.2, 0) is 4.74 Å². The maximum absolute atomic E-state index is 12.5. The summed E-state index contributed by atoms with van der Waals surface area (Å²) in [5, 5.41) is 11.4. The van der Waals surface area contributed by atoms with Crippen LogP contribution < -0.4 is 5.32 Å². The van der Waals surface area contributed by atoms with Gasteiger partial charge in [-0.15, -0.1) is 0 Å². The van der Waals surface area contributed by atoms with Gasteiger partial charge >= 0.3 is 0 Å². The molecule has 0 saturated carbocycles. The molecule has 1 aromatic rings. The summed E-state index contributed by atoms with van der Waals surface area (Å²) in [6.45, 7) is -0.0375. The maximum atomic E-state index is 12.5. The quantitative estimate of drug-likeness (QED) is 0.741. The number of rotatable bonds is 5. The molecule has 6 heteroatoms. The van der Waals surface area contributed by atoms with E-state index >= 15 is 0 Å². The van der Waals surface area contributed by atoms with E-state index in [1.165, 1.54) is 13.2 Å². The summed E-state index contributed by atoms with van der Waals surface area (Å²) in [5.74, 6) is -0.983. The Morgan fingerprint density at radius 2 is 2.44 bits per heavy atom. The van der Waals surface area contributed by atoms with Crippen molar-refractivity contribution < 1.29 is 19.0 Å². The first-order valence-electron chi connectivity index (χ1n) is 4.69. The molecule has 0 fully saturated rings. The summed E-state index contributed by atoms with van der Waals surface area (Å²) in [4.78, 5) is 15.2. The lowest BCUT2D eigenvalue weighted by molar-refractivity contribution is 0.0835. The second-order valence-corrected chi connectivity index (χ2v) is 3.17. The molecule has 88 valence electrons. The minimum absolute atomic E-state index is 0.0935. The Balaban J connectivity index is 2.60. The van der Waals surface area contributed by atoms with Crippen molar-refractivity contribution >= 4 is 5.91 Å². The van der Waals surface area contributed by atoms with Gasteiger partial charge < -0.3 is 15.2 Å². The van der Waals surface area contributed by atoms with Crippen LogP contribution in [0.25, 0.3) is 0 Å². The third-order valence-electron chi connectivity index (χ3n) is 1.88. The summed E-state index contributed by atoms with van der Waals surface area (Å²) in [6.07, 6.45) is 0.958. The van der Waals surface area contributed by atoms with Gasteiger partial charge in [-0.25, -0.2) is 9.37 Å². The number of amides is 1. The minimum atomic E-state index is -0.507. The first kappa shape index (κ1) is 12.5. The molecular formula is C10H13FN2O3. The zero-order valence-corrected chi connectivity index (χ0v) is 8.81. The highest BCUT2D eigenvalue weighted by Crippen LogP contribution is 1.98. The zero-order valence-electron chi connectivity index (χ0n) is 8.81. The first-order chi connectivity index (χ1) is 7.67. The van der Waals surface area contributed by atoms with Crippen molar-refractivity contribution in [1.29, 1.82) is 0 Å². The third-order valence-corrected chi connectivity index (χ3v) is 1.88. The molecule has 1 atom stereocenters. The Morgan fingerprint density at radius 3 is 2.94 bits per heavy atom. The van der Waals surface area contributed by atoms with Gasteiger partial charge in [-0.2, -0.15) is 0 Å². The lowest BCUT2D eigenvalue weighted by atomic mass is 10.3. The maximum Gasteiger partial charge on any atom is 0.270 e. The molecule has 16 heavy (non-hydrogen) atoms. The molecule has 0 aromatic carbocycles.